The molecule has 7 heteroatoms. The second kappa shape index (κ2) is 4.65. The average molecular weight is 348 g/mol. The fraction of sp³-hybridized carbons (Fsp3) is 0.421. The number of carbonyl (C=O) groups is 2. The van der Waals surface area contributed by atoms with E-state index >= 15 is 0 Å². The summed E-state index contributed by atoms with van der Waals surface area (Å²) in [5, 5.41) is 9.29. The molecule has 0 N–H and O–H groups in total. The van der Waals surface area contributed by atoms with E-state index in [1.54, 1.807) is 12.1 Å². The topological polar surface area (TPSA) is 96.2 Å². The molecule has 2 unspecified atom stereocenters. The second-order valence-corrected chi connectivity index (χ2v) is 7.69. The van der Waals surface area contributed by atoms with Crippen molar-refractivity contribution in [2.24, 2.45) is 11.8 Å². The third kappa shape index (κ3) is 1.65. The van der Waals surface area contributed by atoms with E-state index < -0.39 is 23.0 Å². The molecule has 2 bridgehead atoms. The smallest absolute Gasteiger partial charge is 0.240 e. The number of fused-ring (bicyclic) bond motifs is 6. The molecule has 0 radical (unpaired) electrons. The summed E-state index contributed by atoms with van der Waals surface area (Å²) in [6, 6.07) is 5.27. The second-order valence-electron chi connectivity index (χ2n) is 7.69. The maximum absolute atomic E-state index is 13.2. The van der Waals surface area contributed by atoms with Crippen molar-refractivity contribution in [2.75, 3.05) is 4.90 Å². The van der Waals surface area contributed by atoms with E-state index in [1.807, 2.05) is 13.8 Å². The molecular weight excluding hydrogens is 332 g/mol. The van der Waals surface area contributed by atoms with Crippen LogP contribution in [0.4, 0.5) is 5.69 Å². The number of carbonyl (C=O) groups excluding carboxylic acids is 2. The molecule has 4 heterocycles. The number of rotatable bonds is 1. The van der Waals surface area contributed by atoms with Gasteiger partial charge >= 0.3 is 0 Å². The lowest BCUT2D eigenvalue weighted by molar-refractivity contribution is -0.129. The first kappa shape index (κ1) is 15.4. The van der Waals surface area contributed by atoms with Gasteiger partial charge in [0.05, 0.1) is 34.3 Å². The number of amides is 2. The number of anilines is 1. The van der Waals surface area contributed by atoms with E-state index in [-0.39, 0.29) is 11.8 Å². The lowest BCUT2D eigenvalue weighted by atomic mass is 9.69. The molecule has 26 heavy (non-hydrogen) atoms. The van der Waals surface area contributed by atoms with Gasteiger partial charge in [0.25, 0.3) is 0 Å². The Bertz CT molecular complexity index is 1010. The van der Waals surface area contributed by atoms with Crippen LogP contribution in [0, 0.1) is 23.2 Å². The van der Waals surface area contributed by atoms with E-state index in [0.29, 0.717) is 22.3 Å². The number of ether oxygens (including phenoxy) is 1. The highest BCUT2D eigenvalue weighted by molar-refractivity contribution is 6.25. The van der Waals surface area contributed by atoms with Gasteiger partial charge < -0.3 is 4.74 Å². The monoisotopic (exact) mass is 348 g/mol. The summed E-state index contributed by atoms with van der Waals surface area (Å²) in [7, 11) is 0. The summed E-state index contributed by atoms with van der Waals surface area (Å²) < 4.78 is 6.12. The van der Waals surface area contributed by atoms with Crippen molar-refractivity contribution in [1.29, 1.82) is 5.26 Å². The van der Waals surface area contributed by atoms with Crippen LogP contribution in [-0.4, -0.2) is 33.0 Å². The van der Waals surface area contributed by atoms with Gasteiger partial charge in [-0.1, -0.05) is 0 Å². The molecule has 5 rings (SSSR count). The Balaban J connectivity index is 1.70. The first-order valence-electron chi connectivity index (χ1n) is 8.61. The van der Waals surface area contributed by atoms with Gasteiger partial charge in [0.1, 0.15) is 17.1 Å². The largest absolute Gasteiger partial charge is 0.367 e. The molecule has 2 amide bonds. The Hall–Kier alpha value is -2.85. The summed E-state index contributed by atoms with van der Waals surface area (Å²) >= 11 is 0. The molecule has 1 aromatic carbocycles. The Morgan fingerprint density at radius 3 is 2.23 bits per heavy atom. The Labute approximate surface area is 149 Å². The SMILES string of the molecule is C[C@@]12CC[C@](C)(O1)C1C(=O)N(c3ccc(C#N)c4nccnc34)C(=O)C12. The number of imide groups is 1. The number of aromatic nitrogens is 2. The van der Waals surface area contributed by atoms with Crippen molar-refractivity contribution in [1.82, 2.24) is 9.97 Å². The van der Waals surface area contributed by atoms with Crippen LogP contribution in [0.15, 0.2) is 24.5 Å². The van der Waals surface area contributed by atoms with Crippen LogP contribution < -0.4 is 4.90 Å². The van der Waals surface area contributed by atoms with Gasteiger partial charge in [-0.2, -0.15) is 5.26 Å². The van der Waals surface area contributed by atoms with E-state index in [4.69, 9.17) is 4.74 Å². The Morgan fingerprint density at radius 2 is 1.65 bits per heavy atom. The molecule has 2 aromatic rings. The van der Waals surface area contributed by atoms with Gasteiger partial charge in [0.2, 0.25) is 11.8 Å². The molecular formula is C19H16N4O3. The van der Waals surface area contributed by atoms with Gasteiger partial charge in [0.15, 0.2) is 0 Å². The number of hydrogen-bond acceptors (Lipinski definition) is 6. The molecule has 0 saturated carbocycles. The Kier molecular flexibility index (Phi) is 2.76. The van der Waals surface area contributed by atoms with E-state index in [9.17, 15) is 14.9 Å². The highest BCUT2D eigenvalue weighted by Gasteiger charge is 2.72. The molecule has 7 nitrogen and oxygen atoms in total. The van der Waals surface area contributed by atoms with Crippen LogP contribution >= 0.6 is 0 Å². The van der Waals surface area contributed by atoms with Crippen molar-refractivity contribution < 1.29 is 14.3 Å². The normalized spacial score (nSPS) is 35.2. The average Bonchev–Trinajstić information content (AvgIpc) is 3.18. The number of hydrogen-bond donors (Lipinski definition) is 0. The molecule has 3 aliphatic heterocycles. The van der Waals surface area contributed by atoms with Crippen LogP contribution in [-0.2, 0) is 14.3 Å². The first-order chi connectivity index (χ1) is 12.4. The minimum absolute atomic E-state index is 0.248. The van der Waals surface area contributed by atoms with E-state index in [1.165, 1.54) is 17.3 Å². The zero-order chi connectivity index (χ0) is 18.3. The van der Waals surface area contributed by atoms with Gasteiger partial charge in [0, 0.05) is 12.4 Å². The van der Waals surface area contributed by atoms with Crippen LogP contribution in [0.3, 0.4) is 0 Å². The maximum Gasteiger partial charge on any atom is 0.240 e. The summed E-state index contributed by atoms with van der Waals surface area (Å²) in [6.07, 6.45) is 4.52. The van der Waals surface area contributed by atoms with Crippen LogP contribution in [0.5, 0.6) is 0 Å². The van der Waals surface area contributed by atoms with Gasteiger partial charge in [-0.05, 0) is 38.8 Å². The molecule has 0 aliphatic carbocycles. The van der Waals surface area contributed by atoms with Crippen molar-refractivity contribution in [3.05, 3.63) is 30.1 Å². The maximum atomic E-state index is 13.2. The lowest BCUT2D eigenvalue weighted by Crippen LogP contribution is -2.40. The highest BCUT2D eigenvalue weighted by Crippen LogP contribution is 2.61. The number of nitrogens with zero attached hydrogens (tertiary/aromatic N) is 4. The molecule has 1 aromatic heterocycles. The molecule has 3 fully saturated rings. The summed E-state index contributed by atoms with van der Waals surface area (Å²) in [6.45, 7) is 3.85. The van der Waals surface area contributed by atoms with Crippen LogP contribution in [0.25, 0.3) is 11.0 Å². The van der Waals surface area contributed by atoms with Gasteiger partial charge in [-0.3, -0.25) is 19.6 Å². The van der Waals surface area contributed by atoms with Crippen LogP contribution in [0.1, 0.15) is 32.3 Å². The molecule has 0 spiro atoms. The zero-order valence-electron chi connectivity index (χ0n) is 14.4. The van der Waals surface area contributed by atoms with Gasteiger partial charge in [-0.15, -0.1) is 0 Å². The molecule has 3 aliphatic rings. The minimum atomic E-state index is -0.602. The number of nitriles is 1. The standard InChI is InChI=1S/C19H16N4O3/c1-18-5-6-19(2,26-18)13-12(18)16(24)23(17(13)25)11-4-3-10(9-20)14-15(11)22-8-7-21-14/h3-4,7-8,12-13H,5-6H2,1-2H3/t12?,13?,18-,19-/m0/s1. The first-order valence-corrected chi connectivity index (χ1v) is 8.61. The summed E-state index contributed by atoms with van der Waals surface area (Å²) in [5.74, 6) is -1.45. The predicted octanol–water partition coefficient (Wildman–Crippen LogP) is 1.95. The lowest BCUT2D eigenvalue weighted by Gasteiger charge is -2.27. The Morgan fingerprint density at radius 1 is 1.08 bits per heavy atom. The fourth-order valence-electron chi connectivity index (χ4n) is 5.02. The summed E-state index contributed by atoms with van der Waals surface area (Å²) in [4.78, 5) is 36.2. The molecule has 3 saturated heterocycles. The van der Waals surface area contributed by atoms with Crippen molar-refractivity contribution >= 4 is 28.5 Å². The van der Waals surface area contributed by atoms with E-state index in [2.05, 4.69) is 16.0 Å². The van der Waals surface area contributed by atoms with Crippen molar-refractivity contribution in [3.8, 4) is 6.07 Å². The third-order valence-corrected chi connectivity index (χ3v) is 6.17. The quantitative estimate of drug-likeness (QED) is 0.731. The van der Waals surface area contributed by atoms with Crippen molar-refractivity contribution in [2.45, 2.75) is 37.9 Å². The highest BCUT2D eigenvalue weighted by atomic mass is 16.5. The minimum Gasteiger partial charge on any atom is -0.367 e. The third-order valence-electron chi connectivity index (χ3n) is 6.17. The fourth-order valence-corrected chi connectivity index (χ4v) is 5.02. The van der Waals surface area contributed by atoms with Crippen molar-refractivity contribution in [3.63, 3.8) is 0 Å². The number of benzene rings is 1. The van der Waals surface area contributed by atoms with Gasteiger partial charge in [-0.25, -0.2) is 4.90 Å². The molecule has 4 atom stereocenters. The molecule has 130 valence electrons. The predicted molar refractivity (Wildman–Crippen MR) is 90.9 cm³/mol. The zero-order valence-corrected chi connectivity index (χ0v) is 14.4. The summed E-state index contributed by atoms with van der Waals surface area (Å²) in [5.41, 5.74) is 0.324. The van der Waals surface area contributed by atoms with E-state index in [0.717, 1.165) is 12.8 Å². The van der Waals surface area contributed by atoms with Crippen LogP contribution in [0.2, 0.25) is 0 Å².